The van der Waals surface area contributed by atoms with Crippen molar-refractivity contribution in [3.8, 4) is 11.5 Å². The molecule has 43 heavy (non-hydrogen) atoms. The number of amides is 2. The molecular weight excluding hydrogens is 566 g/mol. The lowest BCUT2D eigenvalue weighted by Crippen LogP contribution is -2.54. The van der Waals surface area contributed by atoms with E-state index < -0.39 is 28.5 Å². The number of ether oxygens (including phenoxy) is 2. The minimum atomic E-state index is -3.94. The van der Waals surface area contributed by atoms with E-state index in [1.54, 1.807) is 18.2 Å². The molecule has 1 aliphatic rings. The van der Waals surface area contributed by atoms with E-state index >= 15 is 0 Å². The second kappa shape index (κ2) is 14.4. The third kappa shape index (κ3) is 8.50. The smallest absolute Gasteiger partial charge is 0.244 e. The number of rotatable bonds is 13. The second-order valence-electron chi connectivity index (χ2n) is 11.0. The predicted octanol–water partition coefficient (Wildman–Crippen LogP) is 4.48. The third-order valence-electron chi connectivity index (χ3n) is 7.74. The lowest BCUT2D eigenvalue weighted by atomic mass is 10.0. The van der Waals surface area contributed by atoms with Crippen molar-refractivity contribution in [2.45, 2.75) is 57.7 Å². The van der Waals surface area contributed by atoms with Crippen LogP contribution in [0, 0.1) is 6.92 Å². The lowest BCUT2D eigenvalue weighted by molar-refractivity contribution is -0.140. The lowest BCUT2D eigenvalue weighted by Gasteiger charge is -2.34. The summed E-state index contributed by atoms with van der Waals surface area (Å²) in [6, 6.07) is 21.2. The summed E-state index contributed by atoms with van der Waals surface area (Å²) in [5, 5.41) is 3.18. The van der Waals surface area contributed by atoms with Crippen LogP contribution in [0.4, 0.5) is 5.69 Å². The zero-order valence-corrected chi connectivity index (χ0v) is 26.1. The molecule has 0 saturated heterocycles. The van der Waals surface area contributed by atoms with Crippen molar-refractivity contribution in [1.29, 1.82) is 0 Å². The predicted molar refractivity (Wildman–Crippen MR) is 168 cm³/mol. The van der Waals surface area contributed by atoms with E-state index in [0.717, 1.165) is 52.9 Å². The van der Waals surface area contributed by atoms with Gasteiger partial charge in [0.1, 0.15) is 24.1 Å². The number of aryl methyl sites for hydroxylation is 1. The Bertz CT molecular complexity index is 1510. The largest absolute Gasteiger partial charge is 0.497 e. The first kappa shape index (κ1) is 31.9. The molecular formula is C33H41N3O6S. The minimum absolute atomic E-state index is 0.0535. The average molecular weight is 608 g/mol. The summed E-state index contributed by atoms with van der Waals surface area (Å²) < 4.78 is 38.0. The molecule has 1 fully saturated rings. The van der Waals surface area contributed by atoms with E-state index in [9.17, 15) is 18.0 Å². The maximum atomic E-state index is 14.3. The number of sulfonamides is 1. The molecule has 0 aromatic heterocycles. The monoisotopic (exact) mass is 607 g/mol. The van der Waals surface area contributed by atoms with Crippen LogP contribution >= 0.6 is 0 Å². The summed E-state index contributed by atoms with van der Waals surface area (Å²) in [6.07, 6.45) is 5.22. The van der Waals surface area contributed by atoms with Gasteiger partial charge in [0.15, 0.2) is 0 Å². The summed E-state index contributed by atoms with van der Waals surface area (Å²) in [7, 11) is -1.01. The van der Waals surface area contributed by atoms with Crippen molar-refractivity contribution in [2.75, 3.05) is 31.3 Å². The number of benzene rings is 3. The van der Waals surface area contributed by atoms with Crippen LogP contribution in [0.5, 0.6) is 11.5 Å². The van der Waals surface area contributed by atoms with E-state index in [1.165, 1.54) is 19.1 Å². The van der Waals surface area contributed by atoms with E-state index in [-0.39, 0.29) is 36.4 Å². The van der Waals surface area contributed by atoms with E-state index in [4.69, 9.17) is 9.47 Å². The molecule has 1 atom stereocenters. The van der Waals surface area contributed by atoms with Gasteiger partial charge in [-0.25, -0.2) is 8.42 Å². The summed E-state index contributed by atoms with van der Waals surface area (Å²) in [5.74, 6) is -0.0347. The Morgan fingerprint density at radius 1 is 0.930 bits per heavy atom. The van der Waals surface area contributed by atoms with E-state index in [2.05, 4.69) is 5.32 Å². The number of nitrogens with zero attached hydrogens (tertiary/aromatic N) is 2. The van der Waals surface area contributed by atoms with Gasteiger partial charge in [-0.05, 0) is 43.0 Å². The molecule has 1 N–H and O–H groups in total. The zero-order valence-electron chi connectivity index (χ0n) is 25.3. The van der Waals surface area contributed by atoms with Crippen LogP contribution in [0.2, 0.25) is 0 Å². The SMILES string of the molecule is COc1ccc(N(CC(=O)N(Cc2cccc(C)c2)[C@@H](Cc2ccccc2)C(=O)NC2CCCC2)S(C)(=O)=O)c(OC)c1. The first-order valence-electron chi connectivity index (χ1n) is 14.5. The topological polar surface area (TPSA) is 105 Å². The Kier molecular flexibility index (Phi) is 10.7. The highest BCUT2D eigenvalue weighted by molar-refractivity contribution is 7.92. The molecule has 0 bridgehead atoms. The molecule has 2 amide bonds. The van der Waals surface area contributed by atoms with Crippen LogP contribution in [0.1, 0.15) is 42.4 Å². The first-order chi connectivity index (χ1) is 20.6. The van der Waals surface area contributed by atoms with Gasteiger partial charge in [-0.1, -0.05) is 73.0 Å². The number of methoxy groups -OCH3 is 2. The molecule has 0 heterocycles. The van der Waals surface area contributed by atoms with Crippen LogP contribution in [0.25, 0.3) is 0 Å². The Balaban J connectivity index is 1.75. The van der Waals surface area contributed by atoms with Gasteiger partial charge in [0.2, 0.25) is 21.8 Å². The highest BCUT2D eigenvalue weighted by Gasteiger charge is 2.35. The number of hydrogen-bond donors (Lipinski definition) is 1. The molecule has 1 aliphatic carbocycles. The van der Waals surface area contributed by atoms with E-state index in [1.807, 2.05) is 61.5 Å². The van der Waals surface area contributed by atoms with Crippen LogP contribution in [-0.4, -0.2) is 64.2 Å². The number of anilines is 1. The van der Waals surface area contributed by atoms with Crippen LogP contribution in [-0.2, 0) is 32.6 Å². The van der Waals surface area contributed by atoms with Crippen molar-refractivity contribution in [2.24, 2.45) is 0 Å². The summed E-state index contributed by atoms with van der Waals surface area (Å²) in [6.45, 7) is 1.58. The van der Waals surface area contributed by atoms with Crippen molar-refractivity contribution < 1.29 is 27.5 Å². The molecule has 0 aliphatic heterocycles. The van der Waals surface area contributed by atoms with Crippen LogP contribution in [0.3, 0.4) is 0 Å². The fourth-order valence-electron chi connectivity index (χ4n) is 5.51. The van der Waals surface area contributed by atoms with Gasteiger partial charge in [0, 0.05) is 25.1 Å². The average Bonchev–Trinajstić information content (AvgIpc) is 3.50. The molecule has 1 saturated carbocycles. The molecule has 3 aromatic carbocycles. The van der Waals surface area contributed by atoms with Gasteiger partial charge in [0.05, 0.1) is 26.2 Å². The van der Waals surface area contributed by atoms with Gasteiger partial charge in [-0.2, -0.15) is 0 Å². The first-order valence-corrected chi connectivity index (χ1v) is 16.3. The molecule has 10 heteroatoms. The van der Waals surface area contributed by atoms with Gasteiger partial charge in [-0.3, -0.25) is 13.9 Å². The van der Waals surface area contributed by atoms with Crippen molar-refractivity contribution >= 4 is 27.5 Å². The van der Waals surface area contributed by atoms with Crippen molar-refractivity contribution in [3.63, 3.8) is 0 Å². The molecule has 9 nitrogen and oxygen atoms in total. The second-order valence-corrected chi connectivity index (χ2v) is 12.9. The normalized spacial score (nSPS) is 14.1. The van der Waals surface area contributed by atoms with Gasteiger partial charge in [0.25, 0.3) is 0 Å². The number of carbonyl (C=O) groups excluding carboxylic acids is 2. The number of hydrogen-bond acceptors (Lipinski definition) is 6. The number of carbonyl (C=O) groups is 2. The fraction of sp³-hybridized carbons (Fsp3) is 0.394. The quantitative estimate of drug-likeness (QED) is 0.307. The van der Waals surface area contributed by atoms with Crippen molar-refractivity contribution in [3.05, 3.63) is 89.5 Å². The van der Waals surface area contributed by atoms with E-state index in [0.29, 0.717) is 5.75 Å². The maximum absolute atomic E-state index is 14.3. The molecule has 0 unspecified atom stereocenters. The summed E-state index contributed by atoms with van der Waals surface area (Å²) in [4.78, 5) is 29.8. The Morgan fingerprint density at radius 3 is 2.26 bits per heavy atom. The third-order valence-corrected chi connectivity index (χ3v) is 8.87. The van der Waals surface area contributed by atoms with Crippen LogP contribution in [0.15, 0.2) is 72.8 Å². The standard InChI is InChI=1S/C33H41N3O6S/c1-24-11-10-14-26(19-24)22-35(30(20-25-12-6-5-7-13-25)33(38)34-27-15-8-9-16-27)32(37)23-36(43(4,39)40)29-18-17-28(41-2)21-31(29)42-3/h5-7,10-14,17-19,21,27,30H,8-9,15-16,20,22-23H2,1-4H3,(H,34,38)/t30-/m0/s1. The minimum Gasteiger partial charge on any atom is -0.497 e. The molecule has 230 valence electrons. The Morgan fingerprint density at radius 2 is 1.63 bits per heavy atom. The maximum Gasteiger partial charge on any atom is 0.244 e. The van der Waals surface area contributed by atoms with Crippen molar-refractivity contribution in [1.82, 2.24) is 10.2 Å². The molecule has 0 spiro atoms. The summed E-state index contributed by atoms with van der Waals surface area (Å²) >= 11 is 0. The number of nitrogens with one attached hydrogen (secondary N) is 1. The summed E-state index contributed by atoms with van der Waals surface area (Å²) in [5.41, 5.74) is 2.95. The van der Waals surface area contributed by atoms with Crippen LogP contribution < -0.4 is 19.1 Å². The molecule has 3 aromatic rings. The fourth-order valence-corrected chi connectivity index (χ4v) is 6.37. The molecule has 0 radical (unpaired) electrons. The highest BCUT2D eigenvalue weighted by Crippen LogP contribution is 2.34. The van der Waals surface area contributed by atoms with Gasteiger partial charge >= 0.3 is 0 Å². The highest BCUT2D eigenvalue weighted by atomic mass is 32.2. The van der Waals surface area contributed by atoms with Gasteiger partial charge in [-0.15, -0.1) is 0 Å². The van der Waals surface area contributed by atoms with Gasteiger partial charge < -0.3 is 19.7 Å². The Labute approximate surface area is 254 Å². The molecule has 4 rings (SSSR count). The zero-order chi connectivity index (χ0) is 31.0. The Hall–Kier alpha value is -4.05.